The Labute approximate surface area is 88.9 Å². The van der Waals surface area contributed by atoms with Gasteiger partial charge in [-0.15, -0.1) is 0 Å². The van der Waals surface area contributed by atoms with Crippen molar-refractivity contribution < 1.29 is 0 Å². The fourth-order valence-corrected chi connectivity index (χ4v) is 1.41. The Morgan fingerprint density at radius 1 is 1.47 bits per heavy atom. The molecule has 0 saturated heterocycles. The van der Waals surface area contributed by atoms with Crippen molar-refractivity contribution in [1.82, 2.24) is 9.97 Å². The summed E-state index contributed by atoms with van der Waals surface area (Å²) in [6.07, 6.45) is 0. The molecule has 0 amide bonds. The molecule has 0 fully saturated rings. The number of nitrogen functional groups attached to an aromatic ring is 1. The van der Waals surface area contributed by atoms with Crippen LogP contribution >= 0.6 is 0 Å². The molecule has 2 aromatic rings. The Morgan fingerprint density at radius 2 is 2.27 bits per heavy atom. The van der Waals surface area contributed by atoms with Crippen molar-refractivity contribution in [3.05, 3.63) is 18.2 Å². The molecule has 0 aliphatic carbocycles. The van der Waals surface area contributed by atoms with Crippen LogP contribution in [0, 0.1) is 5.92 Å². The molecule has 2 rings (SSSR count). The van der Waals surface area contributed by atoms with E-state index in [0.29, 0.717) is 5.92 Å². The number of benzene rings is 1. The maximum Gasteiger partial charge on any atom is 0.201 e. The highest BCUT2D eigenvalue weighted by atomic mass is 15.1. The van der Waals surface area contributed by atoms with Gasteiger partial charge in [0.1, 0.15) is 0 Å². The van der Waals surface area contributed by atoms with Gasteiger partial charge in [-0.3, -0.25) is 0 Å². The van der Waals surface area contributed by atoms with Gasteiger partial charge in [-0.1, -0.05) is 13.8 Å². The minimum absolute atomic E-state index is 0.600. The first-order valence-electron chi connectivity index (χ1n) is 5.14. The van der Waals surface area contributed by atoms with Gasteiger partial charge in [-0.25, -0.2) is 4.98 Å². The lowest BCUT2D eigenvalue weighted by Crippen LogP contribution is -2.08. The van der Waals surface area contributed by atoms with Crippen LogP contribution in [-0.4, -0.2) is 16.5 Å². The quantitative estimate of drug-likeness (QED) is 0.671. The maximum atomic E-state index is 5.69. The molecule has 0 atom stereocenters. The molecule has 0 saturated carbocycles. The second-order valence-corrected chi connectivity index (χ2v) is 4.14. The van der Waals surface area contributed by atoms with E-state index in [2.05, 4.69) is 29.1 Å². The summed E-state index contributed by atoms with van der Waals surface area (Å²) in [4.78, 5) is 7.59. The Morgan fingerprint density at radius 3 is 3.00 bits per heavy atom. The number of nitrogens with one attached hydrogen (secondary N) is 2. The van der Waals surface area contributed by atoms with Crippen LogP contribution in [0.5, 0.6) is 0 Å². The maximum absolute atomic E-state index is 5.69. The van der Waals surface area contributed by atoms with E-state index in [1.54, 1.807) is 0 Å². The van der Waals surface area contributed by atoms with Crippen molar-refractivity contribution in [3.63, 3.8) is 0 Å². The van der Waals surface area contributed by atoms with Crippen LogP contribution in [0.1, 0.15) is 13.8 Å². The van der Waals surface area contributed by atoms with Gasteiger partial charge < -0.3 is 16.0 Å². The largest absolute Gasteiger partial charge is 0.399 e. The minimum Gasteiger partial charge on any atom is -0.399 e. The monoisotopic (exact) mass is 204 g/mol. The molecule has 0 radical (unpaired) electrons. The minimum atomic E-state index is 0.600. The smallest absolute Gasteiger partial charge is 0.201 e. The van der Waals surface area contributed by atoms with Gasteiger partial charge in [0.05, 0.1) is 11.0 Å². The molecule has 4 N–H and O–H groups in total. The summed E-state index contributed by atoms with van der Waals surface area (Å²) in [5.74, 6) is 1.41. The first-order valence-corrected chi connectivity index (χ1v) is 5.14. The number of hydrogen-bond acceptors (Lipinski definition) is 3. The lowest BCUT2D eigenvalue weighted by molar-refractivity contribution is 0.686. The van der Waals surface area contributed by atoms with Crippen LogP contribution in [0.3, 0.4) is 0 Å². The van der Waals surface area contributed by atoms with E-state index in [-0.39, 0.29) is 0 Å². The highest BCUT2D eigenvalue weighted by molar-refractivity contribution is 5.80. The van der Waals surface area contributed by atoms with E-state index < -0.39 is 0 Å². The zero-order chi connectivity index (χ0) is 10.8. The topological polar surface area (TPSA) is 66.7 Å². The summed E-state index contributed by atoms with van der Waals surface area (Å²) in [5, 5.41) is 3.25. The predicted molar refractivity (Wildman–Crippen MR) is 63.8 cm³/mol. The van der Waals surface area contributed by atoms with Crippen LogP contribution in [0.4, 0.5) is 11.6 Å². The van der Waals surface area contributed by atoms with Gasteiger partial charge in [0.25, 0.3) is 0 Å². The van der Waals surface area contributed by atoms with Gasteiger partial charge in [0, 0.05) is 12.2 Å². The Bertz CT molecular complexity index is 459. The van der Waals surface area contributed by atoms with Gasteiger partial charge in [-0.2, -0.15) is 0 Å². The van der Waals surface area contributed by atoms with Crippen molar-refractivity contribution in [3.8, 4) is 0 Å². The Hall–Kier alpha value is -1.71. The third-order valence-electron chi connectivity index (χ3n) is 2.18. The van der Waals surface area contributed by atoms with E-state index in [9.17, 15) is 0 Å². The standard InChI is InChI=1S/C11H16N4/c1-7(2)6-13-11-14-9-4-3-8(12)5-10(9)15-11/h3-5,7H,6,12H2,1-2H3,(H2,13,14,15). The average Bonchev–Trinajstić information content (AvgIpc) is 2.56. The molecule has 0 aliphatic heterocycles. The van der Waals surface area contributed by atoms with Crippen LogP contribution < -0.4 is 11.1 Å². The first-order chi connectivity index (χ1) is 7.15. The molecule has 4 nitrogen and oxygen atoms in total. The van der Waals surface area contributed by atoms with Gasteiger partial charge in [-0.05, 0) is 24.1 Å². The van der Waals surface area contributed by atoms with Crippen molar-refractivity contribution in [2.45, 2.75) is 13.8 Å². The lowest BCUT2D eigenvalue weighted by atomic mass is 10.2. The Kier molecular flexibility index (Phi) is 2.49. The molecule has 1 aromatic heterocycles. The summed E-state index contributed by atoms with van der Waals surface area (Å²) >= 11 is 0. The number of H-pyrrole nitrogens is 1. The fourth-order valence-electron chi connectivity index (χ4n) is 1.41. The van der Waals surface area contributed by atoms with Gasteiger partial charge >= 0.3 is 0 Å². The Balaban J connectivity index is 2.23. The van der Waals surface area contributed by atoms with Crippen molar-refractivity contribution >= 4 is 22.7 Å². The number of imidazole rings is 1. The van der Waals surface area contributed by atoms with Crippen molar-refractivity contribution in [2.75, 3.05) is 17.6 Å². The summed E-state index contributed by atoms with van der Waals surface area (Å²) in [5.41, 5.74) is 8.35. The predicted octanol–water partition coefficient (Wildman–Crippen LogP) is 2.21. The number of nitrogens with zero attached hydrogens (tertiary/aromatic N) is 1. The van der Waals surface area contributed by atoms with E-state index in [4.69, 9.17) is 5.73 Å². The molecule has 0 aliphatic rings. The second kappa shape index (κ2) is 3.81. The zero-order valence-electron chi connectivity index (χ0n) is 9.04. The van der Waals surface area contributed by atoms with E-state index in [0.717, 1.165) is 29.2 Å². The van der Waals surface area contributed by atoms with Gasteiger partial charge in [0.15, 0.2) is 0 Å². The second-order valence-electron chi connectivity index (χ2n) is 4.14. The summed E-state index contributed by atoms with van der Waals surface area (Å²) in [7, 11) is 0. The molecule has 4 heteroatoms. The number of aromatic amines is 1. The molecule has 0 unspecified atom stereocenters. The molecule has 15 heavy (non-hydrogen) atoms. The summed E-state index contributed by atoms with van der Waals surface area (Å²) in [6.45, 7) is 5.23. The number of anilines is 2. The van der Waals surface area contributed by atoms with Gasteiger partial charge in [0.2, 0.25) is 5.95 Å². The van der Waals surface area contributed by atoms with Crippen LogP contribution in [0.15, 0.2) is 18.2 Å². The highest BCUT2D eigenvalue weighted by Gasteiger charge is 2.02. The molecule has 1 aromatic carbocycles. The molecule has 80 valence electrons. The number of hydrogen-bond donors (Lipinski definition) is 3. The average molecular weight is 204 g/mol. The van der Waals surface area contributed by atoms with Crippen molar-refractivity contribution in [1.29, 1.82) is 0 Å². The fraction of sp³-hybridized carbons (Fsp3) is 0.364. The van der Waals surface area contributed by atoms with Crippen molar-refractivity contribution in [2.24, 2.45) is 5.92 Å². The van der Waals surface area contributed by atoms with Crippen LogP contribution in [-0.2, 0) is 0 Å². The summed E-state index contributed by atoms with van der Waals surface area (Å²) < 4.78 is 0. The normalized spacial score (nSPS) is 11.1. The van der Waals surface area contributed by atoms with E-state index in [1.807, 2.05) is 18.2 Å². The molecule has 0 spiro atoms. The third kappa shape index (κ3) is 2.21. The molecule has 1 heterocycles. The highest BCUT2D eigenvalue weighted by Crippen LogP contribution is 2.17. The molecule has 0 bridgehead atoms. The molecular formula is C11H16N4. The number of aromatic nitrogens is 2. The number of nitrogens with two attached hydrogens (primary N) is 1. The SMILES string of the molecule is CC(C)CNc1nc2ccc(N)cc2[nH]1. The summed E-state index contributed by atoms with van der Waals surface area (Å²) in [6, 6.07) is 5.67. The third-order valence-corrected chi connectivity index (χ3v) is 2.18. The lowest BCUT2D eigenvalue weighted by Gasteiger charge is -2.04. The van der Waals surface area contributed by atoms with E-state index >= 15 is 0 Å². The molecular weight excluding hydrogens is 188 g/mol. The zero-order valence-corrected chi connectivity index (χ0v) is 9.04. The first kappa shape index (κ1) is 9.83. The number of fused-ring (bicyclic) bond motifs is 1. The van der Waals surface area contributed by atoms with Crippen LogP contribution in [0.2, 0.25) is 0 Å². The van der Waals surface area contributed by atoms with Crippen LogP contribution in [0.25, 0.3) is 11.0 Å². The number of rotatable bonds is 3. The van der Waals surface area contributed by atoms with E-state index in [1.165, 1.54) is 0 Å².